The number of nitrogens with zero attached hydrogens (tertiary/aromatic N) is 1. The molecule has 0 saturated carbocycles. The molecule has 3 nitrogen and oxygen atoms in total. The Morgan fingerprint density at radius 3 is 2.71 bits per heavy atom. The number of unbranched alkanes of at least 4 members (excludes halogenated alkanes) is 1. The summed E-state index contributed by atoms with van der Waals surface area (Å²) < 4.78 is 5.43. The SMILES string of the molecule is CCCCC(N)c1ccccc1-c1noc2ccccc12. The highest BCUT2D eigenvalue weighted by molar-refractivity contribution is 5.92. The third-order valence-electron chi connectivity index (χ3n) is 3.86. The van der Waals surface area contributed by atoms with E-state index >= 15 is 0 Å². The van der Waals surface area contributed by atoms with Crippen molar-refractivity contribution in [3.63, 3.8) is 0 Å². The van der Waals surface area contributed by atoms with Crippen molar-refractivity contribution < 1.29 is 4.52 Å². The minimum absolute atomic E-state index is 0.0385. The highest BCUT2D eigenvalue weighted by Gasteiger charge is 2.16. The van der Waals surface area contributed by atoms with E-state index in [1.54, 1.807) is 0 Å². The van der Waals surface area contributed by atoms with Crippen molar-refractivity contribution >= 4 is 11.0 Å². The number of hydrogen-bond acceptors (Lipinski definition) is 3. The average molecular weight is 280 g/mol. The van der Waals surface area contributed by atoms with E-state index in [0.717, 1.165) is 47.1 Å². The van der Waals surface area contributed by atoms with Crippen LogP contribution in [-0.2, 0) is 0 Å². The lowest BCUT2D eigenvalue weighted by Gasteiger charge is -2.15. The lowest BCUT2D eigenvalue weighted by atomic mass is 9.94. The van der Waals surface area contributed by atoms with Crippen molar-refractivity contribution in [3.8, 4) is 11.3 Å². The Morgan fingerprint density at radius 2 is 1.86 bits per heavy atom. The Bertz CT molecular complexity index is 733. The van der Waals surface area contributed by atoms with Crippen LogP contribution in [0.25, 0.3) is 22.2 Å². The van der Waals surface area contributed by atoms with Crippen molar-refractivity contribution in [3.05, 3.63) is 54.1 Å². The van der Waals surface area contributed by atoms with Gasteiger partial charge in [0.25, 0.3) is 0 Å². The standard InChI is InChI=1S/C18H20N2O/c1-2-3-11-16(19)13-8-4-5-9-14(13)18-15-10-6-7-12-17(15)21-20-18/h4-10,12,16H,2-3,11,19H2,1H3. The van der Waals surface area contributed by atoms with Gasteiger partial charge in [0.05, 0.1) is 0 Å². The molecular formula is C18H20N2O. The second-order valence-electron chi connectivity index (χ2n) is 5.36. The summed E-state index contributed by atoms with van der Waals surface area (Å²) in [6.07, 6.45) is 3.28. The molecule has 2 N–H and O–H groups in total. The summed E-state index contributed by atoms with van der Waals surface area (Å²) in [6, 6.07) is 16.2. The number of hydrogen-bond donors (Lipinski definition) is 1. The topological polar surface area (TPSA) is 52.0 Å². The molecule has 0 aliphatic carbocycles. The molecule has 0 fully saturated rings. The van der Waals surface area contributed by atoms with Crippen molar-refractivity contribution in [1.29, 1.82) is 0 Å². The van der Waals surface area contributed by atoms with Gasteiger partial charge in [-0.1, -0.05) is 61.3 Å². The van der Waals surface area contributed by atoms with Gasteiger partial charge < -0.3 is 10.3 Å². The Balaban J connectivity index is 2.06. The van der Waals surface area contributed by atoms with Crippen LogP contribution in [0, 0.1) is 0 Å². The highest BCUT2D eigenvalue weighted by Crippen LogP contribution is 2.33. The Kier molecular flexibility index (Phi) is 4.02. The fourth-order valence-corrected chi connectivity index (χ4v) is 2.70. The third kappa shape index (κ3) is 2.69. The highest BCUT2D eigenvalue weighted by atomic mass is 16.5. The molecule has 1 atom stereocenters. The van der Waals surface area contributed by atoms with Gasteiger partial charge in [0.1, 0.15) is 5.69 Å². The smallest absolute Gasteiger partial charge is 0.167 e. The number of para-hydroxylation sites is 1. The minimum Gasteiger partial charge on any atom is -0.356 e. The van der Waals surface area contributed by atoms with Crippen LogP contribution in [0.3, 0.4) is 0 Å². The normalized spacial score (nSPS) is 12.7. The molecule has 2 aromatic carbocycles. The second-order valence-corrected chi connectivity index (χ2v) is 5.36. The first-order valence-electron chi connectivity index (χ1n) is 7.50. The van der Waals surface area contributed by atoms with Crippen molar-refractivity contribution in [2.24, 2.45) is 5.73 Å². The predicted octanol–water partition coefficient (Wildman–Crippen LogP) is 4.68. The van der Waals surface area contributed by atoms with E-state index < -0.39 is 0 Å². The Labute approximate surface area is 124 Å². The van der Waals surface area contributed by atoms with Crippen LogP contribution in [0.15, 0.2) is 53.1 Å². The zero-order chi connectivity index (χ0) is 14.7. The monoisotopic (exact) mass is 280 g/mol. The molecule has 3 heteroatoms. The zero-order valence-electron chi connectivity index (χ0n) is 12.3. The fraction of sp³-hybridized carbons (Fsp3) is 0.278. The van der Waals surface area contributed by atoms with Crippen LogP contribution in [0.2, 0.25) is 0 Å². The lowest BCUT2D eigenvalue weighted by molar-refractivity contribution is 0.459. The molecule has 1 unspecified atom stereocenters. The van der Waals surface area contributed by atoms with Crippen molar-refractivity contribution in [1.82, 2.24) is 5.16 Å². The number of aromatic nitrogens is 1. The molecule has 0 bridgehead atoms. The molecule has 0 saturated heterocycles. The predicted molar refractivity (Wildman–Crippen MR) is 85.9 cm³/mol. The molecular weight excluding hydrogens is 260 g/mol. The van der Waals surface area contributed by atoms with Gasteiger partial charge in [-0.3, -0.25) is 0 Å². The molecule has 3 aromatic rings. The molecule has 1 aromatic heterocycles. The second kappa shape index (κ2) is 6.10. The molecule has 0 aliphatic heterocycles. The molecule has 1 heterocycles. The first-order valence-corrected chi connectivity index (χ1v) is 7.50. The van der Waals surface area contributed by atoms with Gasteiger partial charge in [-0.15, -0.1) is 0 Å². The summed E-state index contributed by atoms with van der Waals surface area (Å²) in [5.74, 6) is 0. The van der Waals surface area contributed by atoms with Gasteiger partial charge in [-0.2, -0.15) is 0 Å². The van der Waals surface area contributed by atoms with E-state index in [1.165, 1.54) is 0 Å². The Hall–Kier alpha value is -2.13. The average Bonchev–Trinajstić information content (AvgIpc) is 2.96. The van der Waals surface area contributed by atoms with Crippen molar-refractivity contribution in [2.75, 3.05) is 0 Å². The molecule has 21 heavy (non-hydrogen) atoms. The number of nitrogens with two attached hydrogens (primary N) is 1. The van der Waals surface area contributed by atoms with E-state index in [4.69, 9.17) is 10.3 Å². The Morgan fingerprint density at radius 1 is 1.10 bits per heavy atom. The van der Waals surface area contributed by atoms with Gasteiger partial charge in [0, 0.05) is 17.0 Å². The largest absolute Gasteiger partial charge is 0.356 e. The van der Waals surface area contributed by atoms with Gasteiger partial charge in [0.2, 0.25) is 0 Å². The minimum atomic E-state index is 0.0385. The van der Waals surface area contributed by atoms with Gasteiger partial charge in [-0.05, 0) is 24.1 Å². The van der Waals surface area contributed by atoms with E-state index in [0.29, 0.717) is 0 Å². The summed E-state index contributed by atoms with van der Waals surface area (Å²) in [5, 5.41) is 5.29. The number of rotatable bonds is 5. The maximum atomic E-state index is 6.37. The first kappa shape index (κ1) is 13.8. The molecule has 0 aliphatic rings. The quantitative estimate of drug-likeness (QED) is 0.738. The maximum absolute atomic E-state index is 6.37. The third-order valence-corrected chi connectivity index (χ3v) is 3.86. The van der Waals surface area contributed by atoms with Crippen LogP contribution >= 0.6 is 0 Å². The van der Waals surface area contributed by atoms with Crippen LogP contribution in [0.4, 0.5) is 0 Å². The van der Waals surface area contributed by atoms with Crippen LogP contribution in [0.1, 0.15) is 37.8 Å². The van der Waals surface area contributed by atoms with E-state index in [2.05, 4.69) is 24.2 Å². The van der Waals surface area contributed by atoms with E-state index in [9.17, 15) is 0 Å². The molecule has 0 amide bonds. The van der Waals surface area contributed by atoms with Gasteiger partial charge in [-0.25, -0.2) is 0 Å². The summed E-state index contributed by atoms with van der Waals surface area (Å²) >= 11 is 0. The van der Waals surface area contributed by atoms with Gasteiger partial charge in [0.15, 0.2) is 5.58 Å². The zero-order valence-corrected chi connectivity index (χ0v) is 12.3. The lowest BCUT2D eigenvalue weighted by Crippen LogP contribution is -2.11. The number of fused-ring (bicyclic) bond motifs is 1. The molecule has 108 valence electrons. The summed E-state index contributed by atoms with van der Waals surface area (Å²) in [4.78, 5) is 0. The van der Waals surface area contributed by atoms with Gasteiger partial charge >= 0.3 is 0 Å². The van der Waals surface area contributed by atoms with E-state index in [-0.39, 0.29) is 6.04 Å². The van der Waals surface area contributed by atoms with Crippen molar-refractivity contribution in [2.45, 2.75) is 32.2 Å². The molecule has 0 spiro atoms. The fourth-order valence-electron chi connectivity index (χ4n) is 2.70. The van der Waals surface area contributed by atoms with Crippen LogP contribution in [-0.4, -0.2) is 5.16 Å². The van der Waals surface area contributed by atoms with Crippen LogP contribution in [0.5, 0.6) is 0 Å². The number of benzene rings is 2. The summed E-state index contributed by atoms with van der Waals surface area (Å²) in [7, 11) is 0. The summed E-state index contributed by atoms with van der Waals surface area (Å²) in [6.45, 7) is 2.18. The molecule has 3 rings (SSSR count). The first-order chi connectivity index (χ1) is 10.3. The maximum Gasteiger partial charge on any atom is 0.167 e. The van der Waals surface area contributed by atoms with Crippen LogP contribution < -0.4 is 5.73 Å². The summed E-state index contributed by atoms with van der Waals surface area (Å²) in [5.41, 5.74) is 10.3. The van der Waals surface area contributed by atoms with E-state index in [1.807, 2.05) is 36.4 Å². The molecule has 0 radical (unpaired) electrons.